The molecule has 1 rings (SSSR count). The zero-order valence-electron chi connectivity index (χ0n) is 12.1. The van der Waals surface area contributed by atoms with Gasteiger partial charge in [0.2, 0.25) is 0 Å². The minimum Gasteiger partial charge on any atom is -0.478 e. The summed E-state index contributed by atoms with van der Waals surface area (Å²) in [6.45, 7) is 6.84. The maximum absolute atomic E-state index is 13.6. The van der Waals surface area contributed by atoms with E-state index in [-0.39, 0.29) is 11.3 Å². The standard InChI is InChI=1S/C14H20FN3O3/c1-3-18(4-2)9-8-16-14(21)17-12-10(13(19)20)6-5-7-11(12)15/h5-7H,3-4,8-9H2,1-2H3,(H,19,20)(H2,16,17,21). The van der Waals surface area contributed by atoms with Crippen molar-refractivity contribution < 1.29 is 19.1 Å². The number of hydrogen-bond acceptors (Lipinski definition) is 3. The van der Waals surface area contributed by atoms with Crippen LogP contribution in [0.1, 0.15) is 24.2 Å². The average molecular weight is 297 g/mol. The fraction of sp³-hybridized carbons (Fsp3) is 0.429. The van der Waals surface area contributed by atoms with Crippen LogP contribution < -0.4 is 10.6 Å². The van der Waals surface area contributed by atoms with Crippen molar-refractivity contribution in [3.8, 4) is 0 Å². The number of nitrogens with one attached hydrogen (secondary N) is 2. The molecule has 3 N–H and O–H groups in total. The van der Waals surface area contributed by atoms with Gasteiger partial charge in [-0.25, -0.2) is 14.0 Å². The summed E-state index contributed by atoms with van der Waals surface area (Å²) in [4.78, 5) is 24.8. The van der Waals surface area contributed by atoms with E-state index in [0.717, 1.165) is 19.2 Å². The molecule has 7 heteroatoms. The Hall–Kier alpha value is -2.15. The van der Waals surface area contributed by atoms with Gasteiger partial charge in [0.25, 0.3) is 0 Å². The van der Waals surface area contributed by atoms with Crippen molar-refractivity contribution in [3.05, 3.63) is 29.6 Å². The molecule has 6 nitrogen and oxygen atoms in total. The van der Waals surface area contributed by atoms with Crippen LogP contribution in [0.4, 0.5) is 14.9 Å². The molecule has 2 amide bonds. The van der Waals surface area contributed by atoms with Crippen LogP contribution in [-0.4, -0.2) is 48.2 Å². The van der Waals surface area contributed by atoms with E-state index in [1.54, 1.807) is 0 Å². The number of aromatic carboxylic acids is 1. The summed E-state index contributed by atoms with van der Waals surface area (Å²) >= 11 is 0. The topological polar surface area (TPSA) is 81.7 Å². The molecule has 0 atom stereocenters. The van der Waals surface area contributed by atoms with Crippen LogP contribution in [0.2, 0.25) is 0 Å². The Morgan fingerprint density at radius 1 is 1.29 bits per heavy atom. The molecule has 0 heterocycles. The van der Waals surface area contributed by atoms with E-state index < -0.39 is 17.8 Å². The van der Waals surface area contributed by atoms with Gasteiger partial charge in [0, 0.05) is 13.1 Å². The predicted molar refractivity (Wildman–Crippen MR) is 78.2 cm³/mol. The van der Waals surface area contributed by atoms with Gasteiger partial charge in [0.1, 0.15) is 5.82 Å². The van der Waals surface area contributed by atoms with Gasteiger partial charge in [-0.1, -0.05) is 19.9 Å². The molecule has 1 aromatic carbocycles. The Bertz CT molecular complexity index is 504. The van der Waals surface area contributed by atoms with E-state index in [2.05, 4.69) is 15.5 Å². The van der Waals surface area contributed by atoms with Gasteiger partial charge < -0.3 is 20.6 Å². The van der Waals surface area contributed by atoms with Crippen LogP contribution in [0, 0.1) is 5.82 Å². The molecule has 0 spiro atoms. The first kappa shape index (κ1) is 16.9. The first-order valence-electron chi connectivity index (χ1n) is 6.78. The molecule has 0 aromatic heterocycles. The summed E-state index contributed by atoms with van der Waals surface area (Å²) < 4.78 is 13.6. The molecule has 0 saturated carbocycles. The number of urea groups is 1. The fourth-order valence-electron chi connectivity index (χ4n) is 1.85. The summed E-state index contributed by atoms with van der Waals surface area (Å²) in [6.07, 6.45) is 0. The number of likely N-dealkylation sites (N-methyl/N-ethyl adjacent to an activating group) is 1. The van der Waals surface area contributed by atoms with Crippen LogP contribution in [-0.2, 0) is 0 Å². The molecule has 116 valence electrons. The number of para-hydroxylation sites is 1. The normalized spacial score (nSPS) is 10.5. The minimum atomic E-state index is -1.30. The van der Waals surface area contributed by atoms with Gasteiger partial charge in [-0.3, -0.25) is 0 Å². The third-order valence-corrected chi connectivity index (χ3v) is 3.09. The summed E-state index contributed by atoms with van der Waals surface area (Å²) in [5.41, 5.74) is -0.612. The Labute approximate surface area is 122 Å². The number of rotatable bonds is 7. The lowest BCUT2D eigenvalue weighted by molar-refractivity contribution is 0.0697. The second-order valence-electron chi connectivity index (χ2n) is 4.38. The van der Waals surface area contributed by atoms with Gasteiger partial charge in [0.05, 0.1) is 11.3 Å². The summed E-state index contributed by atoms with van der Waals surface area (Å²) in [7, 11) is 0. The SMILES string of the molecule is CCN(CC)CCNC(=O)Nc1c(F)cccc1C(=O)O. The Morgan fingerprint density at radius 3 is 2.52 bits per heavy atom. The zero-order valence-corrected chi connectivity index (χ0v) is 12.1. The number of carboxylic acid groups (broad SMARTS) is 1. The minimum absolute atomic E-state index is 0.283. The molecule has 0 aliphatic carbocycles. The molecular formula is C14H20FN3O3. The second-order valence-corrected chi connectivity index (χ2v) is 4.38. The van der Waals surface area contributed by atoms with E-state index in [4.69, 9.17) is 5.11 Å². The van der Waals surface area contributed by atoms with Gasteiger partial charge in [-0.2, -0.15) is 0 Å². The van der Waals surface area contributed by atoms with Crippen molar-refractivity contribution in [2.75, 3.05) is 31.5 Å². The van der Waals surface area contributed by atoms with Crippen LogP contribution in [0.15, 0.2) is 18.2 Å². The molecule has 0 radical (unpaired) electrons. The smallest absolute Gasteiger partial charge is 0.337 e. The van der Waals surface area contributed by atoms with Crippen molar-refractivity contribution in [2.24, 2.45) is 0 Å². The van der Waals surface area contributed by atoms with Crippen molar-refractivity contribution in [1.82, 2.24) is 10.2 Å². The van der Waals surface area contributed by atoms with E-state index in [1.165, 1.54) is 12.1 Å². The number of amides is 2. The number of carbonyl (C=O) groups excluding carboxylic acids is 1. The number of carbonyl (C=O) groups is 2. The highest BCUT2D eigenvalue weighted by molar-refractivity contribution is 6.00. The highest BCUT2D eigenvalue weighted by atomic mass is 19.1. The van der Waals surface area contributed by atoms with Gasteiger partial charge in [-0.15, -0.1) is 0 Å². The van der Waals surface area contributed by atoms with Crippen LogP contribution in [0.3, 0.4) is 0 Å². The lowest BCUT2D eigenvalue weighted by Gasteiger charge is -2.18. The van der Waals surface area contributed by atoms with E-state index in [1.807, 2.05) is 13.8 Å². The molecule has 0 aliphatic rings. The van der Waals surface area contributed by atoms with Crippen molar-refractivity contribution in [1.29, 1.82) is 0 Å². The highest BCUT2D eigenvalue weighted by Crippen LogP contribution is 2.19. The van der Waals surface area contributed by atoms with E-state index in [9.17, 15) is 14.0 Å². The Morgan fingerprint density at radius 2 is 1.95 bits per heavy atom. The first-order valence-corrected chi connectivity index (χ1v) is 6.78. The third-order valence-electron chi connectivity index (χ3n) is 3.09. The van der Waals surface area contributed by atoms with Gasteiger partial charge >= 0.3 is 12.0 Å². The van der Waals surface area contributed by atoms with Crippen LogP contribution in [0.5, 0.6) is 0 Å². The molecule has 0 bridgehead atoms. The van der Waals surface area contributed by atoms with Crippen molar-refractivity contribution >= 4 is 17.7 Å². The summed E-state index contributed by atoms with van der Waals surface area (Å²) in [6, 6.07) is 2.98. The largest absolute Gasteiger partial charge is 0.478 e. The monoisotopic (exact) mass is 297 g/mol. The second kappa shape index (κ2) is 8.21. The molecule has 0 fully saturated rings. The number of carboxylic acids is 1. The van der Waals surface area contributed by atoms with Crippen molar-refractivity contribution in [3.63, 3.8) is 0 Å². The van der Waals surface area contributed by atoms with Crippen LogP contribution in [0.25, 0.3) is 0 Å². The first-order chi connectivity index (χ1) is 9.99. The molecule has 21 heavy (non-hydrogen) atoms. The van der Waals surface area contributed by atoms with Gasteiger partial charge in [-0.05, 0) is 25.2 Å². The quantitative estimate of drug-likeness (QED) is 0.719. The molecule has 0 saturated heterocycles. The number of nitrogens with zero attached hydrogens (tertiary/aromatic N) is 1. The predicted octanol–water partition coefficient (Wildman–Crippen LogP) is 1.99. The number of halogens is 1. The molecule has 0 unspecified atom stereocenters. The maximum atomic E-state index is 13.6. The van der Waals surface area contributed by atoms with E-state index in [0.29, 0.717) is 13.1 Å². The van der Waals surface area contributed by atoms with Gasteiger partial charge in [0.15, 0.2) is 0 Å². The fourth-order valence-corrected chi connectivity index (χ4v) is 1.85. The van der Waals surface area contributed by atoms with Crippen LogP contribution >= 0.6 is 0 Å². The molecule has 0 aliphatic heterocycles. The highest BCUT2D eigenvalue weighted by Gasteiger charge is 2.16. The number of hydrogen-bond donors (Lipinski definition) is 3. The average Bonchev–Trinajstić information content (AvgIpc) is 2.45. The number of anilines is 1. The Kier molecular flexibility index (Phi) is 6.61. The lowest BCUT2D eigenvalue weighted by atomic mass is 10.1. The summed E-state index contributed by atoms with van der Waals surface area (Å²) in [5, 5.41) is 13.8. The van der Waals surface area contributed by atoms with Crippen molar-refractivity contribution in [2.45, 2.75) is 13.8 Å². The number of benzene rings is 1. The molecular weight excluding hydrogens is 277 g/mol. The van der Waals surface area contributed by atoms with E-state index >= 15 is 0 Å². The third kappa shape index (κ3) is 5.03. The zero-order chi connectivity index (χ0) is 15.8. The Balaban J connectivity index is 2.61. The maximum Gasteiger partial charge on any atom is 0.337 e. The summed E-state index contributed by atoms with van der Waals surface area (Å²) in [5.74, 6) is -2.08. The molecule has 1 aromatic rings. The lowest BCUT2D eigenvalue weighted by Crippen LogP contribution is -2.37.